The number of nitrogens with zero attached hydrogens (tertiary/aromatic N) is 1. The second-order valence-electron chi connectivity index (χ2n) is 5.44. The molecule has 138 valence electrons. The number of esters is 1. The van der Waals surface area contributed by atoms with E-state index in [0.717, 1.165) is 18.8 Å². The molecule has 0 bridgehead atoms. The first-order valence-corrected chi connectivity index (χ1v) is 8.97. The van der Waals surface area contributed by atoms with Crippen LogP contribution in [0.15, 0.2) is 42.5 Å². The van der Waals surface area contributed by atoms with Crippen LogP contribution in [0.2, 0.25) is 10.0 Å². The van der Waals surface area contributed by atoms with Crippen LogP contribution < -0.4 is 10.2 Å². The van der Waals surface area contributed by atoms with Gasteiger partial charge in [0.1, 0.15) is 0 Å². The summed E-state index contributed by atoms with van der Waals surface area (Å²) < 4.78 is 5.04. The summed E-state index contributed by atoms with van der Waals surface area (Å²) in [6.45, 7) is 5.46. The third-order valence-electron chi connectivity index (χ3n) is 3.79. The number of anilines is 2. The lowest BCUT2D eigenvalue weighted by Crippen LogP contribution is -2.22. The molecule has 0 atom stereocenters. The molecule has 0 unspecified atom stereocenters. The van der Waals surface area contributed by atoms with Crippen molar-refractivity contribution in [3.63, 3.8) is 0 Å². The predicted molar refractivity (Wildman–Crippen MR) is 105 cm³/mol. The molecule has 26 heavy (non-hydrogen) atoms. The molecule has 0 radical (unpaired) electrons. The molecule has 0 saturated carbocycles. The van der Waals surface area contributed by atoms with E-state index in [1.54, 1.807) is 30.3 Å². The van der Waals surface area contributed by atoms with E-state index in [9.17, 15) is 9.59 Å². The Morgan fingerprint density at radius 3 is 2.12 bits per heavy atom. The van der Waals surface area contributed by atoms with Crippen LogP contribution in [0.4, 0.5) is 11.4 Å². The Balaban J connectivity index is 1.93. The Kier molecular flexibility index (Phi) is 7.30. The van der Waals surface area contributed by atoms with Gasteiger partial charge in [0.15, 0.2) is 6.61 Å². The predicted octanol–water partition coefficient (Wildman–Crippen LogP) is 4.64. The van der Waals surface area contributed by atoms with Gasteiger partial charge in [0.05, 0.1) is 21.3 Å². The van der Waals surface area contributed by atoms with Gasteiger partial charge in [-0.15, -0.1) is 0 Å². The van der Waals surface area contributed by atoms with Crippen LogP contribution in [0.3, 0.4) is 0 Å². The highest BCUT2D eigenvalue weighted by molar-refractivity contribution is 6.39. The SMILES string of the molecule is CCN(CC)c1ccc(C(=O)OCC(=O)Nc2c(Cl)cccc2Cl)cc1. The summed E-state index contributed by atoms with van der Waals surface area (Å²) in [7, 11) is 0. The van der Waals surface area contributed by atoms with Crippen LogP contribution in [-0.2, 0) is 9.53 Å². The van der Waals surface area contributed by atoms with Crippen LogP contribution in [0.25, 0.3) is 0 Å². The topological polar surface area (TPSA) is 58.6 Å². The number of halogens is 2. The van der Waals surface area contributed by atoms with E-state index < -0.39 is 18.5 Å². The Morgan fingerprint density at radius 1 is 1.00 bits per heavy atom. The van der Waals surface area contributed by atoms with Gasteiger partial charge in [-0.1, -0.05) is 29.3 Å². The van der Waals surface area contributed by atoms with Gasteiger partial charge in [0.25, 0.3) is 5.91 Å². The minimum absolute atomic E-state index is 0.292. The zero-order valence-corrected chi connectivity index (χ0v) is 16.1. The number of amides is 1. The molecule has 1 amide bonds. The van der Waals surface area contributed by atoms with E-state index in [0.29, 0.717) is 21.3 Å². The van der Waals surface area contributed by atoms with Crippen molar-refractivity contribution in [3.8, 4) is 0 Å². The highest BCUT2D eigenvalue weighted by Gasteiger charge is 2.13. The first-order valence-electron chi connectivity index (χ1n) is 8.22. The molecule has 0 heterocycles. The fourth-order valence-corrected chi connectivity index (χ4v) is 2.90. The van der Waals surface area contributed by atoms with Crippen LogP contribution in [0.5, 0.6) is 0 Å². The number of rotatable bonds is 7. The second-order valence-corrected chi connectivity index (χ2v) is 6.25. The first kappa shape index (κ1) is 20.1. The minimum Gasteiger partial charge on any atom is -0.452 e. The van der Waals surface area contributed by atoms with E-state index >= 15 is 0 Å². The van der Waals surface area contributed by atoms with Crippen molar-refractivity contribution < 1.29 is 14.3 Å². The average molecular weight is 395 g/mol. The van der Waals surface area contributed by atoms with Crippen molar-refractivity contribution >= 4 is 46.5 Å². The van der Waals surface area contributed by atoms with Crippen LogP contribution >= 0.6 is 23.2 Å². The van der Waals surface area contributed by atoms with E-state index in [2.05, 4.69) is 24.1 Å². The Bertz CT molecular complexity index is 755. The number of carbonyl (C=O) groups is 2. The van der Waals surface area contributed by atoms with Crippen molar-refractivity contribution in [2.24, 2.45) is 0 Å². The zero-order chi connectivity index (χ0) is 19.1. The summed E-state index contributed by atoms with van der Waals surface area (Å²) in [5, 5.41) is 3.16. The highest BCUT2D eigenvalue weighted by Crippen LogP contribution is 2.29. The summed E-state index contributed by atoms with van der Waals surface area (Å²) in [6.07, 6.45) is 0. The van der Waals surface area contributed by atoms with E-state index in [4.69, 9.17) is 27.9 Å². The number of hydrogen-bond acceptors (Lipinski definition) is 4. The maximum Gasteiger partial charge on any atom is 0.338 e. The Labute approximate surface area is 162 Å². The molecule has 5 nitrogen and oxygen atoms in total. The number of nitrogens with one attached hydrogen (secondary N) is 1. The molecule has 0 fully saturated rings. The van der Waals surface area contributed by atoms with Gasteiger partial charge >= 0.3 is 5.97 Å². The maximum absolute atomic E-state index is 12.1. The van der Waals surface area contributed by atoms with Crippen LogP contribution in [0, 0.1) is 0 Å². The molecule has 0 aliphatic heterocycles. The molecule has 0 saturated heterocycles. The number of hydrogen-bond donors (Lipinski definition) is 1. The lowest BCUT2D eigenvalue weighted by Gasteiger charge is -2.20. The summed E-state index contributed by atoms with van der Waals surface area (Å²) in [5.74, 6) is -1.09. The average Bonchev–Trinajstić information content (AvgIpc) is 2.64. The van der Waals surface area contributed by atoms with Crippen molar-refractivity contribution in [2.45, 2.75) is 13.8 Å². The van der Waals surface area contributed by atoms with Gasteiger partial charge in [0.2, 0.25) is 0 Å². The van der Waals surface area contributed by atoms with E-state index in [1.165, 1.54) is 0 Å². The summed E-state index contributed by atoms with van der Waals surface area (Å²) in [4.78, 5) is 26.2. The lowest BCUT2D eigenvalue weighted by atomic mass is 10.2. The van der Waals surface area contributed by atoms with Gasteiger partial charge in [-0.25, -0.2) is 4.79 Å². The fraction of sp³-hybridized carbons (Fsp3) is 0.263. The van der Waals surface area contributed by atoms with Gasteiger partial charge in [-0.05, 0) is 50.2 Å². The smallest absolute Gasteiger partial charge is 0.338 e. The summed E-state index contributed by atoms with van der Waals surface area (Å²) >= 11 is 12.0. The normalized spacial score (nSPS) is 10.3. The van der Waals surface area contributed by atoms with Crippen LogP contribution in [0.1, 0.15) is 24.2 Å². The third kappa shape index (κ3) is 5.13. The van der Waals surface area contributed by atoms with Crippen LogP contribution in [-0.4, -0.2) is 31.6 Å². The standard InChI is InChI=1S/C19H20Cl2N2O3/c1-3-23(4-2)14-10-8-13(9-11-14)19(25)26-12-17(24)22-18-15(20)6-5-7-16(18)21/h5-11H,3-4,12H2,1-2H3,(H,22,24). The molecular formula is C19H20Cl2N2O3. The molecule has 0 spiro atoms. The number of carbonyl (C=O) groups excluding carboxylic acids is 2. The summed E-state index contributed by atoms with van der Waals surface area (Å²) in [6, 6.07) is 11.9. The van der Waals surface area contributed by atoms with Gasteiger partial charge < -0.3 is 15.0 Å². The molecule has 7 heteroatoms. The molecule has 0 aliphatic carbocycles. The number of benzene rings is 2. The molecule has 2 aromatic rings. The Hall–Kier alpha value is -2.24. The lowest BCUT2D eigenvalue weighted by molar-refractivity contribution is -0.119. The molecule has 2 rings (SSSR count). The minimum atomic E-state index is -0.573. The fourth-order valence-electron chi connectivity index (χ4n) is 2.40. The molecule has 2 aromatic carbocycles. The quantitative estimate of drug-likeness (QED) is 0.695. The van der Waals surface area contributed by atoms with E-state index in [-0.39, 0.29) is 0 Å². The number of ether oxygens (including phenoxy) is 1. The Morgan fingerprint density at radius 2 is 1.58 bits per heavy atom. The molecule has 0 aromatic heterocycles. The zero-order valence-electron chi connectivity index (χ0n) is 14.6. The van der Waals surface area contributed by atoms with Gasteiger partial charge in [-0.2, -0.15) is 0 Å². The van der Waals surface area contributed by atoms with Crippen molar-refractivity contribution in [2.75, 3.05) is 29.9 Å². The summed E-state index contributed by atoms with van der Waals surface area (Å²) in [5.41, 5.74) is 1.70. The molecule has 0 aliphatic rings. The van der Waals surface area contributed by atoms with Gasteiger partial charge in [0, 0.05) is 18.8 Å². The van der Waals surface area contributed by atoms with Crippen molar-refractivity contribution in [1.29, 1.82) is 0 Å². The van der Waals surface area contributed by atoms with E-state index in [1.807, 2.05) is 12.1 Å². The maximum atomic E-state index is 12.1. The van der Waals surface area contributed by atoms with Gasteiger partial charge in [-0.3, -0.25) is 4.79 Å². The second kappa shape index (κ2) is 9.46. The largest absolute Gasteiger partial charge is 0.452 e. The molecular weight excluding hydrogens is 375 g/mol. The van der Waals surface area contributed by atoms with Crippen molar-refractivity contribution in [1.82, 2.24) is 0 Å². The number of para-hydroxylation sites is 1. The van der Waals surface area contributed by atoms with Crippen molar-refractivity contribution in [3.05, 3.63) is 58.1 Å². The third-order valence-corrected chi connectivity index (χ3v) is 4.42. The monoisotopic (exact) mass is 394 g/mol. The highest BCUT2D eigenvalue weighted by atomic mass is 35.5. The first-order chi connectivity index (χ1) is 12.5. The molecule has 1 N–H and O–H groups in total.